The third-order valence-electron chi connectivity index (χ3n) is 2.84. The van der Waals surface area contributed by atoms with Crippen molar-refractivity contribution in [3.8, 4) is 0 Å². The molecule has 0 spiro atoms. The van der Waals surface area contributed by atoms with E-state index >= 15 is 0 Å². The van der Waals surface area contributed by atoms with Gasteiger partial charge in [0, 0.05) is 12.7 Å². The van der Waals surface area contributed by atoms with Crippen molar-refractivity contribution in [2.45, 2.75) is 30.3 Å². The third-order valence-corrected chi connectivity index (χ3v) is 4.61. The van der Waals surface area contributed by atoms with Crippen LogP contribution in [0.25, 0.3) is 0 Å². The van der Waals surface area contributed by atoms with Crippen LogP contribution in [0.2, 0.25) is 0 Å². The van der Waals surface area contributed by atoms with Gasteiger partial charge in [0.1, 0.15) is 11.5 Å². The van der Waals surface area contributed by atoms with E-state index in [1.54, 1.807) is 0 Å². The predicted molar refractivity (Wildman–Crippen MR) is 71.7 cm³/mol. The van der Waals surface area contributed by atoms with Crippen LogP contribution in [-0.4, -0.2) is 33.7 Å². The van der Waals surface area contributed by atoms with Gasteiger partial charge in [-0.2, -0.15) is 0 Å². The molecule has 0 amide bonds. The number of carbonyl (C=O) groups excluding carboxylic acids is 1. The number of sulfonamides is 1. The van der Waals surface area contributed by atoms with Crippen LogP contribution in [0.5, 0.6) is 0 Å². The second kappa shape index (κ2) is 6.25. The topological polar surface area (TPSA) is 109 Å². The minimum atomic E-state index is -3.95. The van der Waals surface area contributed by atoms with E-state index in [0.29, 0.717) is 6.61 Å². The van der Waals surface area contributed by atoms with E-state index in [0.717, 1.165) is 25.3 Å². The van der Waals surface area contributed by atoms with E-state index in [1.807, 2.05) is 0 Å². The summed E-state index contributed by atoms with van der Waals surface area (Å²) >= 11 is 2.89. The zero-order chi connectivity index (χ0) is 14.8. The first-order valence-electron chi connectivity index (χ1n) is 5.99. The molecule has 2 rings (SSSR count). The Balaban J connectivity index is 1.99. The molecule has 1 aliphatic rings. The molecule has 1 saturated heterocycles. The maximum Gasteiger partial charge on any atom is 0.374 e. The van der Waals surface area contributed by atoms with Gasteiger partial charge in [-0.05, 0) is 35.2 Å². The van der Waals surface area contributed by atoms with Crippen LogP contribution in [-0.2, 0) is 19.5 Å². The van der Waals surface area contributed by atoms with Crippen LogP contribution < -0.4 is 5.14 Å². The number of primary sulfonamides is 1. The largest absolute Gasteiger partial charge is 0.457 e. The summed E-state index contributed by atoms with van der Waals surface area (Å²) in [6.45, 7) is 0.770. The van der Waals surface area contributed by atoms with Gasteiger partial charge in [-0.15, -0.1) is 0 Å². The Morgan fingerprint density at radius 3 is 2.80 bits per heavy atom. The van der Waals surface area contributed by atoms with Crippen LogP contribution in [0.1, 0.15) is 29.8 Å². The van der Waals surface area contributed by atoms with Crippen molar-refractivity contribution in [3.05, 3.63) is 16.5 Å². The van der Waals surface area contributed by atoms with Crippen LogP contribution >= 0.6 is 15.9 Å². The van der Waals surface area contributed by atoms with Crippen molar-refractivity contribution in [2.24, 2.45) is 5.14 Å². The van der Waals surface area contributed by atoms with E-state index < -0.39 is 16.0 Å². The van der Waals surface area contributed by atoms with E-state index in [9.17, 15) is 13.2 Å². The third kappa shape index (κ3) is 3.81. The molecule has 1 aromatic rings. The lowest BCUT2D eigenvalue weighted by Gasteiger charge is -2.21. The summed E-state index contributed by atoms with van der Waals surface area (Å²) in [5, 5.41) is 4.97. The number of esters is 1. The van der Waals surface area contributed by atoms with Crippen LogP contribution in [0.4, 0.5) is 0 Å². The van der Waals surface area contributed by atoms with Crippen LogP contribution in [0, 0.1) is 0 Å². The van der Waals surface area contributed by atoms with Crippen molar-refractivity contribution in [1.29, 1.82) is 0 Å². The fourth-order valence-corrected chi connectivity index (χ4v) is 3.33. The minimum Gasteiger partial charge on any atom is -0.457 e. The molecule has 112 valence electrons. The molecule has 1 fully saturated rings. The van der Waals surface area contributed by atoms with Crippen molar-refractivity contribution in [2.75, 3.05) is 13.2 Å². The molecular formula is C11H14BrNO6S. The maximum absolute atomic E-state index is 11.8. The summed E-state index contributed by atoms with van der Waals surface area (Å²) in [5.74, 6) is -0.980. The van der Waals surface area contributed by atoms with E-state index in [4.69, 9.17) is 19.0 Å². The van der Waals surface area contributed by atoms with Gasteiger partial charge in [0.2, 0.25) is 15.8 Å². The highest BCUT2D eigenvalue weighted by Gasteiger charge is 2.24. The molecule has 1 aliphatic heterocycles. The number of hydrogen-bond acceptors (Lipinski definition) is 6. The van der Waals surface area contributed by atoms with Gasteiger partial charge in [-0.1, -0.05) is 0 Å². The summed E-state index contributed by atoms with van der Waals surface area (Å²) in [7, 11) is -3.95. The highest BCUT2D eigenvalue weighted by Crippen LogP contribution is 2.25. The Kier molecular flexibility index (Phi) is 4.84. The lowest BCUT2D eigenvalue weighted by Crippen LogP contribution is -2.25. The molecule has 2 N–H and O–H groups in total. The zero-order valence-electron chi connectivity index (χ0n) is 10.5. The molecule has 0 bridgehead atoms. The number of rotatable bonds is 4. The van der Waals surface area contributed by atoms with Crippen LogP contribution in [0.3, 0.4) is 0 Å². The first-order chi connectivity index (χ1) is 9.38. The molecule has 20 heavy (non-hydrogen) atoms. The van der Waals surface area contributed by atoms with E-state index in [2.05, 4.69) is 15.9 Å². The van der Waals surface area contributed by atoms with Gasteiger partial charge in [-0.25, -0.2) is 18.4 Å². The molecule has 2 heterocycles. The first-order valence-corrected chi connectivity index (χ1v) is 8.32. The Bertz CT molecular complexity index is 590. The number of hydrogen-bond donors (Lipinski definition) is 1. The fourth-order valence-electron chi connectivity index (χ4n) is 1.83. The molecule has 9 heteroatoms. The van der Waals surface area contributed by atoms with Crippen molar-refractivity contribution >= 4 is 31.9 Å². The summed E-state index contributed by atoms with van der Waals surface area (Å²) in [4.78, 5) is 11.5. The van der Waals surface area contributed by atoms with Crippen LogP contribution in [0.15, 0.2) is 20.0 Å². The average molecular weight is 368 g/mol. The second-order valence-electron chi connectivity index (χ2n) is 4.38. The zero-order valence-corrected chi connectivity index (χ0v) is 12.9. The van der Waals surface area contributed by atoms with Crippen molar-refractivity contribution < 1.29 is 27.1 Å². The molecule has 7 nitrogen and oxygen atoms in total. The van der Waals surface area contributed by atoms with Gasteiger partial charge in [0.05, 0.1) is 6.10 Å². The first kappa shape index (κ1) is 15.5. The number of nitrogens with two attached hydrogens (primary N) is 1. The lowest BCUT2D eigenvalue weighted by atomic mass is 10.1. The Morgan fingerprint density at radius 1 is 1.50 bits per heavy atom. The molecule has 0 radical (unpaired) electrons. The van der Waals surface area contributed by atoms with E-state index in [1.165, 1.54) is 0 Å². The standard InChI is InChI=1S/C11H14BrNO6S/c12-10-9(20(13,15)16)5-8(19-10)11(14)18-6-7-3-1-2-4-17-7/h5,7H,1-4,6H2,(H2,13,15,16). The lowest BCUT2D eigenvalue weighted by molar-refractivity contribution is -0.0311. The smallest absolute Gasteiger partial charge is 0.374 e. The molecule has 0 aromatic carbocycles. The molecule has 1 aromatic heterocycles. The Labute approximate surface area is 124 Å². The van der Waals surface area contributed by atoms with Crippen molar-refractivity contribution in [1.82, 2.24) is 0 Å². The quantitative estimate of drug-likeness (QED) is 0.805. The van der Waals surface area contributed by atoms with Gasteiger partial charge < -0.3 is 13.9 Å². The summed E-state index contributed by atoms with van der Waals surface area (Å²) in [5.41, 5.74) is 0. The number of furan rings is 1. The monoisotopic (exact) mass is 367 g/mol. The second-order valence-corrected chi connectivity index (χ2v) is 6.63. The molecule has 0 aliphatic carbocycles. The maximum atomic E-state index is 11.8. The summed E-state index contributed by atoms with van der Waals surface area (Å²) in [6.07, 6.45) is 2.75. The number of ether oxygens (including phenoxy) is 2. The highest BCUT2D eigenvalue weighted by molar-refractivity contribution is 9.10. The SMILES string of the molecule is NS(=O)(=O)c1cc(C(=O)OCC2CCCCO2)oc1Br. The average Bonchev–Trinajstić information content (AvgIpc) is 2.79. The Morgan fingerprint density at radius 2 is 2.25 bits per heavy atom. The predicted octanol–water partition coefficient (Wildman–Crippen LogP) is 1.42. The molecule has 1 atom stereocenters. The van der Waals surface area contributed by atoms with Gasteiger partial charge in [0.15, 0.2) is 4.67 Å². The summed E-state index contributed by atoms with van der Waals surface area (Å²) in [6, 6.07) is 1.03. The minimum absolute atomic E-state index is 0.113. The van der Waals surface area contributed by atoms with E-state index in [-0.39, 0.29) is 28.0 Å². The summed E-state index contributed by atoms with van der Waals surface area (Å²) < 4.78 is 37.7. The Hall–Kier alpha value is -0.900. The van der Waals surface area contributed by atoms with Gasteiger partial charge >= 0.3 is 5.97 Å². The molecular weight excluding hydrogens is 354 g/mol. The van der Waals surface area contributed by atoms with Gasteiger partial charge in [0.25, 0.3) is 0 Å². The fraction of sp³-hybridized carbons (Fsp3) is 0.545. The van der Waals surface area contributed by atoms with Gasteiger partial charge in [-0.3, -0.25) is 0 Å². The molecule has 1 unspecified atom stereocenters. The normalized spacial score (nSPS) is 19.8. The van der Waals surface area contributed by atoms with Crippen molar-refractivity contribution in [3.63, 3.8) is 0 Å². The highest BCUT2D eigenvalue weighted by atomic mass is 79.9. The number of halogens is 1. The number of carbonyl (C=O) groups is 1. The molecule has 0 saturated carbocycles.